The lowest BCUT2D eigenvalue weighted by molar-refractivity contribution is -0.119. The van der Waals surface area contributed by atoms with Gasteiger partial charge in [0.1, 0.15) is 12.1 Å². The molecule has 102 valence electrons. The Morgan fingerprint density at radius 2 is 1.79 bits per heavy atom. The van der Waals surface area contributed by atoms with Gasteiger partial charge in [-0.2, -0.15) is 13.2 Å². The zero-order valence-electron chi connectivity index (χ0n) is 9.73. The van der Waals surface area contributed by atoms with E-state index in [1.54, 1.807) is 24.3 Å². The molecule has 1 heterocycles. The first-order valence-electron chi connectivity index (χ1n) is 5.47. The molecule has 0 spiro atoms. The number of para-hydroxylation sites is 1. The van der Waals surface area contributed by atoms with Crippen LogP contribution in [0.5, 0.6) is 0 Å². The largest absolute Gasteiger partial charge is 0.406 e. The predicted molar refractivity (Wildman–Crippen MR) is 69.4 cm³/mol. The molecular weight excluding hydrogens is 325 g/mol. The Morgan fingerprint density at radius 1 is 1.11 bits per heavy atom. The molecule has 0 bridgehead atoms. The van der Waals surface area contributed by atoms with Crippen molar-refractivity contribution in [3.8, 4) is 0 Å². The highest BCUT2D eigenvalue weighted by Crippen LogP contribution is 2.20. The molecular formula is C11H10BrF3N4. The number of benzene rings is 1. The molecule has 1 aromatic heterocycles. The Bertz CT molecular complexity index is 561. The summed E-state index contributed by atoms with van der Waals surface area (Å²) in [6.45, 7) is -0.946. The van der Waals surface area contributed by atoms with E-state index in [0.29, 0.717) is 16.4 Å². The van der Waals surface area contributed by atoms with Gasteiger partial charge in [-0.3, -0.25) is 0 Å². The van der Waals surface area contributed by atoms with Crippen LogP contribution in [0.1, 0.15) is 0 Å². The van der Waals surface area contributed by atoms with Crippen LogP contribution in [0.3, 0.4) is 0 Å². The highest BCUT2D eigenvalue weighted by atomic mass is 79.9. The number of alkyl halides is 4. The third kappa shape index (κ3) is 3.76. The summed E-state index contributed by atoms with van der Waals surface area (Å²) >= 11 is 3.12. The number of rotatable bonds is 4. The van der Waals surface area contributed by atoms with Crippen LogP contribution < -0.4 is 4.90 Å². The maximum absolute atomic E-state index is 12.5. The molecule has 2 rings (SSSR count). The number of anilines is 1. The summed E-state index contributed by atoms with van der Waals surface area (Å²) in [6.07, 6.45) is -4.31. The van der Waals surface area contributed by atoms with Crippen molar-refractivity contribution in [1.82, 2.24) is 15.2 Å². The zero-order chi connectivity index (χ0) is 13.9. The molecule has 0 fully saturated rings. The number of hydrogen-bond donors (Lipinski definition) is 0. The summed E-state index contributed by atoms with van der Waals surface area (Å²) in [5.74, 6) is -0.0181. The monoisotopic (exact) mass is 334 g/mol. The molecule has 0 unspecified atom stereocenters. The lowest BCUT2D eigenvalue weighted by Crippen LogP contribution is -2.36. The van der Waals surface area contributed by atoms with Crippen LogP contribution in [0, 0.1) is 0 Å². The predicted octanol–water partition coefficient (Wildman–Crippen LogP) is 2.79. The molecule has 0 N–H and O–H groups in total. The molecule has 0 radical (unpaired) electrons. The zero-order valence-corrected chi connectivity index (χ0v) is 11.3. The molecule has 0 aliphatic heterocycles. The van der Waals surface area contributed by atoms with Gasteiger partial charge in [-0.15, -0.1) is 10.2 Å². The molecule has 19 heavy (non-hydrogen) atoms. The third-order valence-corrected chi connectivity index (χ3v) is 2.71. The van der Waals surface area contributed by atoms with Gasteiger partial charge >= 0.3 is 6.18 Å². The molecule has 0 aliphatic rings. The van der Waals surface area contributed by atoms with Crippen molar-refractivity contribution in [3.63, 3.8) is 0 Å². The molecule has 8 heteroatoms. The van der Waals surface area contributed by atoms with Crippen molar-refractivity contribution in [2.24, 2.45) is 0 Å². The van der Waals surface area contributed by atoms with Crippen LogP contribution in [-0.2, 0) is 0 Å². The SMILES string of the molecule is FC(F)(F)CN(CCBr)c1nnc2ccccc2n1. The molecule has 4 nitrogen and oxygen atoms in total. The number of hydrogen-bond acceptors (Lipinski definition) is 4. The van der Waals surface area contributed by atoms with E-state index in [1.165, 1.54) is 0 Å². The van der Waals surface area contributed by atoms with Crippen LogP contribution in [0.25, 0.3) is 11.0 Å². The average molecular weight is 335 g/mol. The van der Waals surface area contributed by atoms with Gasteiger partial charge in [-0.05, 0) is 12.1 Å². The Hall–Kier alpha value is -1.44. The van der Waals surface area contributed by atoms with E-state index in [4.69, 9.17) is 0 Å². The summed E-state index contributed by atoms with van der Waals surface area (Å²) < 4.78 is 37.5. The first-order chi connectivity index (χ1) is 8.99. The van der Waals surface area contributed by atoms with Crippen molar-refractivity contribution in [2.75, 3.05) is 23.3 Å². The van der Waals surface area contributed by atoms with Crippen LogP contribution in [-0.4, -0.2) is 39.8 Å². The topological polar surface area (TPSA) is 41.9 Å². The van der Waals surface area contributed by atoms with Crippen LogP contribution >= 0.6 is 15.9 Å². The van der Waals surface area contributed by atoms with E-state index in [9.17, 15) is 13.2 Å². The summed E-state index contributed by atoms with van der Waals surface area (Å²) in [6, 6.07) is 6.91. The highest BCUT2D eigenvalue weighted by Gasteiger charge is 2.31. The van der Waals surface area contributed by atoms with Gasteiger partial charge in [0, 0.05) is 11.9 Å². The van der Waals surface area contributed by atoms with Crippen molar-refractivity contribution in [1.29, 1.82) is 0 Å². The van der Waals surface area contributed by atoms with Gasteiger partial charge in [0.05, 0.1) is 5.52 Å². The summed E-state index contributed by atoms with van der Waals surface area (Å²) in [7, 11) is 0. The fourth-order valence-corrected chi connectivity index (χ4v) is 2.00. The number of halogens is 4. The van der Waals surface area contributed by atoms with Gasteiger partial charge < -0.3 is 4.90 Å². The molecule has 0 saturated carbocycles. The first-order valence-corrected chi connectivity index (χ1v) is 6.59. The first kappa shape index (κ1) is 14.0. The highest BCUT2D eigenvalue weighted by molar-refractivity contribution is 9.09. The maximum atomic E-state index is 12.5. The van der Waals surface area contributed by atoms with E-state index < -0.39 is 12.7 Å². The van der Waals surface area contributed by atoms with E-state index in [-0.39, 0.29) is 12.5 Å². The second kappa shape index (κ2) is 5.68. The van der Waals surface area contributed by atoms with Crippen molar-refractivity contribution in [3.05, 3.63) is 24.3 Å². The van der Waals surface area contributed by atoms with E-state index in [0.717, 1.165) is 4.90 Å². The summed E-state index contributed by atoms with van der Waals surface area (Å²) in [5.41, 5.74) is 1.08. The number of aromatic nitrogens is 3. The standard InChI is InChI=1S/C11H10BrF3N4/c12-5-6-19(7-11(13,14)15)10-16-8-3-1-2-4-9(8)17-18-10/h1-4H,5-7H2. The third-order valence-electron chi connectivity index (χ3n) is 2.36. The smallest absolute Gasteiger partial charge is 0.330 e. The Balaban J connectivity index is 2.33. The fraction of sp³-hybridized carbons (Fsp3) is 0.364. The average Bonchev–Trinajstić information content (AvgIpc) is 2.36. The fourth-order valence-electron chi connectivity index (χ4n) is 1.57. The van der Waals surface area contributed by atoms with Crippen LogP contribution in [0.4, 0.5) is 19.1 Å². The van der Waals surface area contributed by atoms with Gasteiger partial charge in [0.25, 0.3) is 0 Å². The lowest BCUT2D eigenvalue weighted by Gasteiger charge is -2.22. The minimum Gasteiger partial charge on any atom is -0.330 e. The second-order valence-corrected chi connectivity index (χ2v) is 4.62. The Kier molecular flexibility index (Phi) is 4.18. The van der Waals surface area contributed by atoms with Crippen molar-refractivity contribution < 1.29 is 13.2 Å². The summed E-state index contributed by atoms with van der Waals surface area (Å²) in [5, 5.41) is 8.02. The van der Waals surface area contributed by atoms with Crippen molar-refractivity contribution in [2.45, 2.75) is 6.18 Å². The molecule has 1 aromatic carbocycles. The van der Waals surface area contributed by atoms with Gasteiger partial charge in [0.2, 0.25) is 5.95 Å². The molecule has 0 saturated heterocycles. The van der Waals surface area contributed by atoms with Gasteiger partial charge in [-0.25, -0.2) is 4.98 Å². The summed E-state index contributed by atoms with van der Waals surface area (Å²) in [4.78, 5) is 5.16. The minimum atomic E-state index is -4.31. The Morgan fingerprint density at radius 3 is 2.42 bits per heavy atom. The van der Waals surface area contributed by atoms with Crippen LogP contribution in [0.15, 0.2) is 24.3 Å². The molecule has 0 atom stereocenters. The second-order valence-electron chi connectivity index (χ2n) is 3.83. The Labute approximate surface area is 115 Å². The van der Waals surface area contributed by atoms with Crippen molar-refractivity contribution >= 4 is 32.9 Å². The lowest BCUT2D eigenvalue weighted by atomic mass is 10.3. The van der Waals surface area contributed by atoms with E-state index in [1.807, 2.05) is 0 Å². The molecule has 0 amide bonds. The molecule has 0 aliphatic carbocycles. The van der Waals surface area contributed by atoms with E-state index >= 15 is 0 Å². The number of fused-ring (bicyclic) bond motifs is 1. The maximum Gasteiger partial charge on any atom is 0.406 e. The van der Waals surface area contributed by atoms with Gasteiger partial charge in [-0.1, -0.05) is 28.1 Å². The van der Waals surface area contributed by atoms with Crippen LogP contribution in [0.2, 0.25) is 0 Å². The van der Waals surface area contributed by atoms with Gasteiger partial charge in [0.15, 0.2) is 0 Å². The quantitative estimate of drug-likeness (QED) is 0.806. The minimum absolute atomic E-state index is 0.0181. The normalized spacial score (nSPS) is 11.8. The molecule has 2 aromatic rings. The number of nitrogens with zero attached hydrogens (tertiary/aromatic N) is 4. The van der Waals surface area contributed by atoms with E-state index in [2.05, 4.69) is 31.1 Å².